The van der Waals surface area contributed by atoms with Gasteiger partial charge in [0.25, 0.3) is 0 Å². The zero-order chi connectivity index (χ0) is 20.0. The fourth-order valence-electron chi connectivity index (χ4n) is 3.74. The molecular formula is C23H20Cl2N2O. The molecule has 0 saturated heterocycles. The van der Waals surface area contributed by atoms with Crippen molar-refractivity contribution in [2.24, 2.45) is 5.73 Å². The maximum Gasteiger partial charge on any atom is 0.249 e. The summed E-state index contributed by atoms with van der Waals surface area (Å²) in [6.45, 7) is 4.87. The highest BCUT2D eigenvalue weighted by molar-refractivity contribution is 6.42. The first-order valence-electron chi connectivity index (χ1n) is 9.16. The van der Waals surface area contributed by atoms with Gasteiger partial charge in [0.1, 0.15) is 0 Å². The number of hydrogen-bond acceptors (Lipinski definition) is 1. The number of benzene rings is 3. The van der Waals surface area contributed by atoms with E-state index in [4.69, 9.17) is 28.9 Å². The molecule has 0 saturated carbocycles. The van der Waals surface area contributed by atoms with Gasteiger partial charge >= 0.3 is 0 Å². The molecule has 142 valence electrons. The van der Waals surface area contributed by atoms with E-state index in [0.29, 0.717) is 28.1 Å². The Hall–Kier alpha value is -2.49. The molecule has 0 unspecified atom stereocenters. The van der Waals surface area contributed by atoms with Crippen molar-refractivity contribution in [3.05, 3.63) is 81.3 Å². The summed E-state index contributed by atoms with van der Waals surface area (Å²) in [7, 11) is 0. The molecule has 0 spiro atoms. The van der Waals surface area contributed by atoms with Crippen molar-refractivity contribution in [1.82, 2.24) is 4.57 Å². The molecule has 0 bridgehead atoms. The average molecular weight is 411 g/mol. The molecule has 1 amide bonds. The number of aromatic nitrogens is 1. The highest BCUT2D eigenvalue weighted by Crippen LogP contribution is 2.35. The van der Waals surface area contributed by atoms with E-state index in [-0.39, 0.29) is 0 Å². The second-order valence-electron chi connectivity index (χ2n) is 7.29. The SMILES string of the molecule is CC(C)c1ccc2c3c(C(N)=O)cccc3n(Cc3cccc(Cl)c3Cl)c2c1. The Morgan fingerprint density at radius 1 is 1.04 bits per heavy atom. The maximum absolute atomic E-state index is 12.1. The predicted octanol–water partition coefficient (Wildman–Crippen LogP) is 6.37. The molecule has 3 aromatic carbocycles. The van der Waals surface area contributed by atoms with Crippen LogP contribution in [0.15, 0.2) is 54.6 Å². The Morgan fingerprint density at radius 3 is 2.50 bits per heavy atom. The third-order valence-electron chi connectivity index (χ3n) is 5.21. The number of carbonyl (C=O) groups excluding carboxylic acids is 1. The average Bonchev–Trinajstić information content (AvgIpc) is 2.98. The zero-order valence-corrected chi connectivity index (χ0v) is 17.2. The minimum absolute atomic E-state index is 0.390. The van der Waals surface area contributed by atoms with Crippen LogP contribution in [0.3, 0.4) is 0 Å². The Labute approximate surface area is 173 Å². The van der Waals surface area contributed by atoms with E-state index >= 15 is 0 Å². The van der Waals surface area contributed by atoms with Crippen molar-refractivity contribution in [2.45, 2.75) is 26.3 Å². The second-order valence-corrected chi connectivity index (χ2v) is 8.08. The molecule has 0 aliphatic carbocycles. The summed E-state index contributed by atoms with van der Waals surface area (Å²) < 4.78 is 2.18. The summed E-state index contributed by atoms with van der Waals surface area (Å²) in [5, 5.41) is 2.95. The van der Waals surface area contributed by atoms with E-state index in [1.54, 1.807) is 12.1 Å². The molecule has 0 aliphatic rings. The van der Waals surface area contributed by atoms with Crippen molar-refractivity contribution in [2.75, 3.05) is 0 Å². The Balaban J connectivity index is 2.07. The molecule has 0 fully saturated rings. The third-order valence-corrected chi connectivity index (χ3v) is 6.07. The van der Waals surface area contributed by atoms with Gasteiger partial charge < -0.3 is 10.3 Å². The molecular weight excluding hydrogens is 391 g/mol. The summed E-state index contributed by atoms with van der Waals surface area (Å²) in [4.78, 5) is 12.1. The van der Waals surface area contributed by atoms with E-state index in [0.717, 1.165) is 27.4 Å². The van der Waals surface area contributed by atoms with Crippen molar-refractivity contribution in [3.63, 3.8) is 0 Å². The molecule has 0 radical (unpaired) electrons. The van der Waals surface area contributed by atoms with Crippen LogP contribution in [0, 0.1) is 0 Å². The minimum atomic E-state index is -0.432. The highest BCUT2D eigenvalue weighted by Gasteiger charge is 2.18. The zero-order valence-electron chi connectivity index (χ0n) is 15.7. The lowest BCUT2D eigenvalue weighted by atomic mass is 10.00. The standard InChI is InChI=1S/C23H20Cl2N2O/c1-13(2)14-9-10-16-20(11-14)27(12-15-5-3-7-18(24)22(15)25)19-8-4-6-17(21(16)19)23(26)28/h3-11,13H,12H2,1-2H3,(H2,26,28). The molecule has 3 nitrogen and oxygen atoms in total. The number of carbonyl (C=O) groups is 1. The maximum atomic E-state index is 12.1. The quantitative estimate of drug-likeness (QED) is 0.417. The lowest BCUT2D eigenvalue weighted by Crippen LogP contribution is -2.11. The topological polar surface area (TPSA) is 48.0 Å². The van der Waals surface area contributed by atoms with Gasteiger partial charge in [0.15, 0.2) is 0 Å². The first-order valence-corrected chi connectivity index (χ1v) is 9.91. The number of primary amides is 1. The number of hydrogen-bond donors (Lipinski definition) is 1. The number of halogens is 2. The molecule has 4 aromatic rings. The number of rotatable bonds is 4. The molecule has 1 aromatic heterocycles. The van der Waals surface area contributed by atoms with Gasteiger partial charge in [-0.05, 0) is 41.3 Å². The van der Waals surface area contributed by atoms with Gasteiger partial charge in [-0.2, -0.15) is 0 Å². The van der Waals surface area contributed by atoms with E-state index in [9.17, 15) is 4.79 Å². The van der Waals surface area contributed by atoms with Gasteiger partial charge in [-0.15, -0.1) is 0 Å². The van der Waals surface area contributed by atoms with Gasteiger partial charge in [-0.3, -0.25) is 4.79 Å². The van der Waals surface area contributed by atoms with E-state index < -0.39 is 5.91 Å². The monoisotopic (exact) mass is 410 g/mol. The highest BCUT2D eigenvalue weighted by atomic mass is 35.5. The van der Waals surface area contributed by atoms with Gasteiger partial charge in [0, 0.05) is 28.4 Å². The van der Waals surface area contributed by atoms with Crippen molar-refractivity contribution < 1.29 is 4.79 Å². The number of fused-ring (bicyclic) bond motifs is 3. The van der Waals surface area contributed by atoms with Gasteiger partial charge in [-0.25, -0.2) is 0 Å². The summed E-state index contributed by atoms with van der Waals surface area (Å²) >= 11 is 12.7. The van der Waals surface area contributed by atoms with Crippen LogP contribution in [-0.2, 0) is 6.54 Å². The second kappa shape index (κ2) is 7.16. The largest absolute Gasteiger partial charge is 0.366 e. The summed E-state index contributed by atoms with van der Waals surface area (Å²) in [6.07, 6.45) is 0. The minimum Gasteiger partial charge on any atom is -0.366 e. The molecule has 28 heavy (non-hydrogen) atoms. The lowest BCUT2D eigenvalue weighted by molar-refractivity contribution is 0.100. The van der Waals surface area contributed by atoms with Crippen LogP contribution >= 0.6 is 23.2 Å². The molecule has 0 atom stereocenters. The molecule has 5 heteroatoms. The van der Waals surface area contributed by atoms with Gasteiger partial charge in [-0.1, -0.05) is 67.4 Å². The van der Waals surface area contributed by atoms with Gasteiger partial charge in [0.2, 0.25) is 5.91 Å². The van der Waals surface area contributed by atoms with Crippen molar-refractivity contribution in [1.29, 1.82) is 0 Å². The van der Waals surface area contributed by atoms with Crippen molar-refractivity contribution >= 4 is 50.9 Å². The Bertz CT molecular complexity index is 1220. The van der Waals surface area contributed by atoms with E-state index in [1.807, 2.05) is 24.3 Å². The van der Waals surface area contributed by atoms with E-state index in [1.165, 1.54) is 5.56 Å². The lowest BCUT2D eigenvalue weighted by Gasteiger charge is -2.12. The third kappa shape index (κ3) is 3.05. The molecule has 2 N–H and O–H groups in total. The Morgan fingerprint density at radius 2 is 1.79 bits per heavy atom. The van der Waals surface area contributed by atoms with Crippen molar-refractivity contribution in [3.8, 4) is 0 Å². The fraction of sp³-hybridized carbons (Fsp3) is 0.174. The van der Waals surface area contributed by atoms with E-state index in [2.05, 4.69) is 36.6 Å². The smallest absolute Gasteiger partial charge is 0.249 e. The van der Waals surface area contributed by atoms with Crippen LogP contribution in [0.5, 0.6) is 0 Å². The number of nitrogens with zero attached hydrogens (tertiary/aromatic N) is 1. The number of amides is 1. The predicted molar refractivity (Wildman–Crippen MR) is 118 cm³/mol. The van der Waals surface area contributed by atoms with Crippen LogP contribution in [0.1, 0.15) is 41.3 Å². The first kappa shape index (κ1) is 18.9. The number of nitrogens with two attached hydrogens (primary N) is 1. The molecule has 0 aliphatic heterocycles. The normalized spacial score (nSPS) is 11.6. The Kier molecular flexibility index (Phi) is 4.82. The summed E-state index contributed by atoms with van der Waals surface area (Å²) in [5.74, 6) is -0.0420. The molecule has 1 heterocycles. The molecule has 4 rings (SSSR count). The van der Waals surface area contributed by atoms with Crippen LogP contribution in [-0.4, -0.2) is 10.5 Å². The van der Waals surface area contributed by atoms with Gasteiger partial charge in [0.05, 0.1) is 15.6 Å². The van der Waals surface area contributed by atoms with Crippen LogP contribution in [0.2, 0.25) is 10.0 Å². The summed E-state index contributed by atoms with van der Waals surface area (Å²) in [6, 6.07) is 17.7. The fourth-order valence-corrected chi connectivity index (χ4v) is 4.12. The van der Waals surface area contributed by atoms with Crippen LogP contribution < -0.4 is 5.73 Å². The van der Waals surface area contributed by atoms with Crippen LogP contribution in [0.25, 0.3) is 21.8 Å². The first-order chi connectivity index (χ1) is 13.4. The van der Waals surface area contributed by atoms with Crippen LogP contribution in [0.4, 0.5) is 0 Å². The summed E-state index contributed by atoms with van der Waals surface area (Å²) in [5.41, 5.74) is 10.3.